The standard InChI is InChI=1S/C10H13NO2S/c1-2-13-10(12)8-9-7(3-5-11-8)4-6-14-9/h4,6,8,11H,2-3,5H2,1H3/t8-/m1/s1. The van der Waals surface area contributed by atoms with Gasteiger partial charge in [0.1, 0.15) is 6.04 Å². The van der Waals surface area contributed by atoms with Crippen molar-refractivity contribution < 1.29 is 9.53 Å². The molecule has 0 spiro atoms. The van der Waals surface area contributed by atoms with E-state index < -0.39 is 0 Å². The molecule has 1 aliphatic heterocycles. The topological polar surface area (TPSA) is 38.3 Å². The fraction of sp³-hybridized carbons (Fsp3) is 0.500. The summed E-state index contributed by atoms with van der Waals surface area (Å²) in [5.41, 5.74) is 1.28. The summed E-state index contributed by atoms with van der Waals surface area (Å²) in [5.74, 6) is -0.157. The molecule has 1 aromatic rings. The van der Waals surface area contributed by atoms with Crippen LogP contribution in [0, 0.1) is 0 Å². The molecular formula is C10H13NO2S. The van der Waals surface area contributed by atoms with Gasteiger partial charge in [-0.3, -0.25) is 5.32 Å². The number of ether oxygens (including phenoxy) is 1. The molecule has 0 saturated heterocycles. The number of nitrogens with one attached hydrogen (secondary N) is 1. The van der Waals surface area contributed by atoms with Crippen LogP contribution in [0.5, 0.6) is 0 Å². The lowest BCUT2D eigenvalue weighted by Crippen LogP contribution is -2.35. The highest BCUT2D eigenvalue weighted by molar-refractivity contribution is 7.10. The van der Waals surface area contributed by atoms with E-state index >= 15 is 0 Å². The second-order valence-electron chi connectivity index (χ2n) is 3.20. The minimum atomic E-state index is -0.237. The molecule has 1 aromatic heterocycles. The highest BCUT2D eigenvalue weighted by Gasteiger charge is 2.27. The normalized spacial score (nSPS) is 20.2. The number of carbonyl (C=O) groups is 1. The Labute approximate surface area is 87.1 Å². The number of carbonyl (C=O) groups excluding carboxylic acids is 1. The van der Waals surface area contributed by atoms with Crippen LogP contribution in [0.3, 0.4) is 0 Å². The minimum absolute atomic E-state index is 0.157. The van der Waals surface area contributed by atoms with Crippen molar-refractivity contribution in [1.29, 1.82) is 0 Å². The van der Waals surface area contributed by atoms with Crippen molar-refractivity contribution in [2.75, 3.05) is 13.2 Å². The quantitative estimate of drug-likeness (QED) is 0.753. The van der Waals surface area contributed by atoms with Gasteiger partial charge in [0.15, 0.2) is 0 Å². The number of rotatable bonds is 2. The third-order valence-corrected chi connectivity index (χ3v) is 3.33. The molecule has 1 N–H and O–H groups in total. The van der Waals surface area contributed by atoms with E-state index in [0.29, 0.717) is 6.61 Å². The molecule has 0 amide bonds. The molecule has 0 aromatic carbocycles. The first-order valence-electron chi connectivity index (χ1n) is 4.79. The second-order valence-corrected chi connectivity index (χ2v) is 4.15. The average Bonchev–Trinajstić information content (AvgIpc) is 2.65. The lowest BCUT2D eigenvalue weighted by Gasteiger charge is -2.21. The van der Waals surface area contributed by atoms with Crippen LogP contribution >= 0.6 is 11.3 Å². The lowest BCUT2D eigenvalue weighted by molar-refractivity contribution is -0.145. The molecule has 1 aliphatic rings. The van der Waals surface area contributed by atoms with E-state index in [1.807, 2.05) is 12.3 Å². The zero-order valence-electron chi connectivity index (χ0n) is 8.08. The summed E-state index contributed by atoms with van der Waals surface area (Å²) in [7, 11) is 0. The van der Waals surface area contributed by atoms with E-state index in [9.17, 15) is 4.79 Å². The third-order valence-electron chi connectivity index (χ3n) is 2.31. The Hall–Kier alpha value is -0.870. The van der Waals surface area contributed by atoms with Crippen LogP contribution in [0.4, 0.5) is 0 Å². The van der Waals surface area contributed by atoms with Gasteiger partial charge in [-0.15, -0.1) is 11.3 Å². The first-order valence-corrected chi connectivity index (χ1v) is 5.67. The minimum Gasteiger partial charge on any atom is -0.465 e. The molecular weight excluding hydrogens is 198 g/mol. The Morgan fingerprint density at radius 3 is 3.43 bits per heavy atom. The summed E-state index contributed by atoms with van der Waals surface area (Å²) in [6.45, 7) is 3.13. The van der Waals surface area contributed by atoms with Gasteiger partial charge in [-0.2, -0.15) is 0 Å². The molecule has 1 atom stereocenters. The summed E-state index contributed by atoms with van der Waals surface area (Å²) in [6.07, 6.45) is 1.01. The first kappa shape index (κ1) is 9.68. The lowest BCUT2D eigenvalue weighted by atomic mass is 10.0. The van der Waals surface area contributed by atoms with Gasteiger partial charge in [-0.05, 0) is 30.4 Å². The van der Waals surface area contributed by atoms with Crippen LogP contribution in [0.15, 0.2) is 11.4 Å². The molecule has 0 bridgehead atoms. The van der Waals surface area contributed by atoms with E-state index in [-0.39, 0.29) is 12.0 Å². The summed E-state index contributed by atoms with van der Waals surface area (Å²) in [4.78, 5) is 12.7. The van der Waals surface area contributed by atoms with Gasteiger partial charge in [-0.1, -0.05) is 0 Å². The van der Waals surface area contributed by atoms with Gasteiger partial charge < -0.3 is 4.74 Å². The van der Waals surface area contributed by atoms with E-state index in [0.717, 1.165) is 17.8 Å². The number of hydrogen-bond donors (Lipinski definition) is 1. The van der Waals surface area contributed by atoms with Crippen LogP contribution in [-0.4, -0.2) is 19.1 Å². The third kappa shape index (κ3) is 1.67. The Balaban J connectivity index is 2.19. The van der Waals surface area contributed by atoms with Crippen molar-refractivity contribution in [3.05, 3.63) is 21.9 Å². The maximum absolute atomic E-state index is 11.6. The molecule has 2 rings (SSSR count). The fourth-order valence-corrected chi connectivity index (χ4v) is 2.68. The van der Waals surface area contributed by atoms with Crippen LogP contribution in [0.1, 0.15) is 23.4 Å². The summed E-state index contributed by atoms with van der Waals surface area (Å²) < 4.78 is 5.01. The number of hydrogen-bond acceptors (Lipinski definition) is 4. The summed E-state index contributed by atoms with van der Waals surface area (Å²) in [5, 5.41) is 5.21. The molecule has 0 aliphatic carbocycles. The monoisotopic (exact) mass is 211 g/mol. The maximum Gasteiger partial charge on any atom is 0.328 e. The van der Waals surface area contributed by atoms with Crippen molar-refractivity contribution in [2.45, 2.75) is 19.4 Å². The van der Waals surface area contributed by atoms with Crippen molar-refractivity contribution in [1.82, 2.24) is 5.32 Å². The Bertz CT molecular complexity index is 335. The molecule has 0 unspecified atom stereocenters. The Morgan fingerprint density at radius 1 is 1.79 bits per heavy atom. The van der Waals surface area contributed by atoms with E-state index in [4.69, 9.17) is 4.74 Å². The second kappa shape index (κ2) is 4.11. The van der Waals surface area contributed by atoms with Crippen LogP contribution in [-0.2, 0) is 16.0 Å². The SMILES string of the molecule is CCOC(=O)[C@@H]1NCCc2ccsc21. The predicted molar refractivity (Wildman–Crippen MR) is 55.4 cm³/mol. The van der Waals surface area contributed by atoms with Gasteiger partial charge in [0, 0.05) is 11.4 Å². The van der Waals surface area contributed by atoms with Crippen molar-refractivity contribution in [3.63, 3.8) is 0 Å². The zero-order chi connectivity index (χ0) is 9.97. The van der Waals surface area contributed by atoms with Crippen LogP contribution < -0.4 is 5.32 Å². The van der Waals surface area contributed by atoms with Crippen molar-refractivity contribution >= 4 is 17.3 Å². The summed E-state index contributed by atoms with van der Waals surface area (Å²) in [6, 6.07) is 1.85. The molecule has 14 heavy (non-hydrogen) atoms. The smallest absolute Gasteiger partial charge is 0.328 e. The van der Waals surface area contributed by atoms with Gasteiger partial charge in [0.2, 0.25) is 0 Å². The molecule has 4 heteroatoms. The first-order chi connectivity index (χ1) is 6.83. The Morgan fingerprint density at radius 2 is 2.64 bits per heavy atom. The van der Waals surface area contributed by atoms with E-state index in [1.54, 1.807) is 11.3 Å². The van der Waals surface area contributed by atoms with E-state index in [2.05, 4.69) is 11.4 Å². The van der Waals surface area contributed by atoms with Gasteiger partial charge in [0.25, 0.3) is 0 Å². The summed E-state index contributed by atoms with van der Waals surface area (Å²) >= 11 is 1.62. The molecule has 0 fully saturated rings. The van der Waals surface area contributed by atoms with E-state index in [1.165, 1.54) is 5.56 Å². The number of fused-ring (bicyclic) bond motifs is 1. The van der Waals surface area contributed by atoms with Gasteiger partial charge in [0.05, 0.1) is 6.61 Å². The zero-order valence-corrected chi connectivity index (χ0v) is 8.89. The molecule has 2 heterocycles. The number of esters is 1. The van der Waals surface area contributed by atoms with Gasteiger partial charge in [-0.25, -0.2) is 4.79 Å². The molecule has 76 valence electrons. The number of thiophene rings is 1. The maximum atomic E-state index is 11.6. The average molecular weight is 211 g/mol. The Kier molecular flexibility index (Phi) is 2.84. The molecule has 0 radical (unpaired) electrons. The van der Waals surface area contributed by atoms with Crippen LogP contribution in [0.2, 0.25) is 0 Å². The fourth-order valence-electron chi connectivity index (χ4n) is 1.67. The van der Waals surface area contributed by atoms with Crippen molar-refractivity contribution in [2.24, 2.45) is 0 Å². The van der Waals surface area contributed by atoms with Gasteiger partial charge >= 0.3 is 5.97 Å². The highest BCUT2D eigenvalue weighted by atomic mass is 32.1. The molecule has 3 nitrogen and oxygen atoms in total. The highest BCUT2D eigenvalue weighted by Crippen LogP contribution is 2.28. The van der Waals surface area contributed by atoms with Crippen LogP contribution in [0.25, 0.3) is 0 Å². The van der Waals surface area contributed by atoms with Crippen molar-refractivity contribution in [3.8, 4) is 0 Å². The largest absolute Gasteiger partial charge is 0.465 e. The predicted octanol–water partition coefficient (Wildman–Crippen LogP) is 1.50. The molecule has 0 saturated carbocycles.